The Labute approximate surface area is 212 Å². The van der Waals surface area contributed by atoms with Crippen molar-refractivity contribution in [2.75, 3.05) is 30.8 Å². The van der Waals surface area contributed by atoms with E-state index in [1.165, 1.54) is 0 Å². The Morgan fingerprint density at radius 2 is 1.80 bits per heavy atom. The molecular weight excluding hydrogens is 489 g/mol. The van der Waals surface area contributed by atoms with Gasteiger partial charge in [-0.15, -0.1) is 5.10 Å². The number of tetrazole rings is 1. The predicted octanol–water partition coefficient (Wildman–Crippen LogP) is 5.02. The lowest BCUT2D eigenvalue weighted by Gasteiger charge is -2.26. The zero-order valence-corrected chi connectivity index (χ0v) is 20.3. The van der Waals surface area contributed by atoms with E-state index >= 15 is 0 Å². The number of rotatable bonds is 10. The van der Waals surface area contributed by atoms with Gasteiger partial charge in [0.15, 0.2) is 5.82 Å². The Balaban J connectivity index is 1.36. The fraction of sp³-hybridized carbons (Fsp3) is 0.167. The molecule has 0 fully saturated rings. The number of hydrogen-bond donors (Lipinski definition) is 3. The number of likely N-dealkylation sites (N-methyl/N-ethyl adjacent to an activating group) is 1. The summed E-state index contributed by atoms with van der Waals surface area (Å²) in [6, 6.07) is 21.5. The van der Waals surface area contributed by atoms with Gasteiger partial charge in [0.2, 0.25) is 5.91 Å². The summed E-state index contributed by atoms with van der Waals surface area (Å²) >= 11 is 12.3. The molecule has 0 spiro atoms. The summed E-state index contributed by atoms with van der Waals surface area (Å²) in [5.74, 6) is 1.73. The van der Waals surface area contributed by atoms with Gasteiger partial charge in [0.1, 0.15) is 11.5 Å². The third-order valence-electron chi connectivity index (χ3n) is 5.13. The van der Waals surface area contributed by atoms with E-state index in [0.717, 1.165) is 5.75 Å². The van der Waals surface area contributed by atoms with Crippen LogP contribution in [0.15, 0.2) is 72.8 Å². The first kappa shape index (κ1) is 24.5. The zero-order chi connectivity index (χ0) is 24.6. The first-order valence-electron chi connectivity index (χ1n) is 10.7. The lowest BCUT2D eigenvalue weighted by Crippen LogP contribution is -2.37. The van der Waals surface area contributed by atoms with Crippen molar-refractivity contribution in [2.24, 2.45) is 0 Å². The average Bonchev–Trinajstić information content (AvgIpc) is 3.38. The van der Waals surface area contributed by atoms with Crippen LogP contribution >= 0.6 is 23.2 Å². The molecule has 3 N–H and O–H groups in total. The number of H-pyrrole nitrogens is 1. The van der Waals surface area contributed by atoms with Crippen molar-refractivity contribution < 1.29 is 9.53 Å². The van der Waals surface area contributed by atoms with E-state index in [4.69, 9.17) is 27.9 Å². The van der Waals surface area contributed by atoms with Crippen molar-refractivity contribution in [2.45, 2.75) is 6.04 Å². The maximum Gasteiger partial charge on any atom is 0.238 e. The maximum absolute atomic E-state index is 12.7. The molecular formula is C24H23Cl2N7O2. The minimum absolute atomic E-state index is 0.0958. The highest BCUT2D eigenvalue weighted by atomic mass is 35.5. The number of halogens is 2. The molecule has 1 atom stereocenters. The first-order chi connectivity index (χ1) is 17.0. The van der Waals surface area contributed by atoms with Gasteiger partial charge in [-0.2, -0.15) is 0 Å². The monoisotopic (exact) mass is 511 g/mol. The van der Waals surface area contributed by atoms with Crippen molar-refractivity contribution in [1.29, 1.82) is 0 Å². The number of aromatic amines is 1. The number of nitrogens with zero attached hydrogens (tertiary/aromatic N) is 4. The van der Waals surface area contributed by atoms with E-state index in [-0.39, 0.29) is 18.5 Å². The number of carbonyl (C=O) groups excluding carboxylic acids is 1. The highest BCUT2D eigenvalue weighted by molar-refractivity contribution is 6.35. The summed E-state index contributed by atoms with van der Waals surface area (Å²) in [5.41, 5.74) is 1.33. The number of anilines is 2. The van der Waals surface area contributed by atoms with Gasteiger partial charge in [0.05, 0.1) is 23.3 Å². The van der Waals surface area contributed by atoms with Crippen molar-refractivity contribution in [3.63, 3.8) is 0 Å². The fourth-order valence-corrected chi connectivity index (χ4v) is 3.73. The summed E-state index contributed by atoms with van der Waals surface area (Å²) in [6.45, 7) is 0.477. The SMILES string of the molecule is CN(CC(=O)Nc1ccc(Oc2ccccc2)cc1)C(CNc1cc(Cl)ccc1Cl)c1nnn[nH]1. The van der Waals surface area contributed by atoms with Crippen LogP contribution in [0.4, 0.5) is 11.4 Å². The van der Waals surface area contributed by atoms with Gasteiger partial charge in [0, 0.05) is 17.3 Å². The lowest BCUT2D eigenvalue weighted by molar-refractivity contribution is -0.117. The van der Waals surface area contributed by atoms with E-state index in [9.17, 15) is 4.79 Å². The molecule has 0 radical (unpaired) electrons. The lowest BCUT2D eigenvalue weighted by atomic mass is 10.2. The van der Waals surface area contributed by atoms with E-state index in [1.807, 2.05) is 42.3 Å². The zero-order valence-electron chi connectivity index (χ0n) is 18.8. The molecule has 1 amide bonds. The number of carbonyl (C=O) groups is 1. The van der Waals surface area contributed by atoms with Crippen LogP contribution in [0.25, 0.3) is 0 Å². The molecule has 35 heavy (non-hydrogen) atoms. The van der Waals surface area contributed by atoms with Gasteiger partial charge >= 0.3 is 0 Å². The van der Waals surface area contributed by atoms with Crippen LogP contribution in [0.5, 0.6) is 11.5 Å². The predicted molar refractivity (Wildman–Crippen MR) is 136 cm³/mol. The highest BCUT2D eigenvalue weighted by Gasteiger charge is 2.23. The van der Waals surface area contributed by atoms with E-state index < -0.39 is 0 Å². The quantitative estimate of drug-likeness (QED) is 0.274. The summed E-state index contributed by atoms with van der Waals surface area (Å²) in [4.78, 5) is 14.6. The Bertz CT molecular complexity index is 1240. The molecule has 0 saturated carbocycles. The van der Waals surface area contributed by atoms with Crippen LogP contribution in [-0.2, 0) is 4.79 Å². The van der Waals surface area contributed by atoms with Crippen LogP contribution in [-0.4, -0.2) is 51.6 Å². The van der Waals surface area contributed by atoms with Gasteiger partial charge in [-0.3, -0.25) is 9.69 Å². The number of amides is 1. The first-order valence-corrected chi connectivity index (χ1v) is 11.5. The molecule has 0 aliphatic carbocycles. The van der Waals surface area contributed by atoms with Gasteiger partial charge < -0.3 is 15.4 Å². The molecule has 4 aromatic rings. The van der Waals surface area contributed by atoms with E-state index in [2.05, 4.69) is 31.3 Å². The Morgan fingerprint density at radius 1 is 1.06 bits per heavy atom. The molecule has 9 nitrogen and oxygen atoms in total. The van der Waals surface area contributed by atoms with Crippen LogP contribution in [0.3, 0.4) is 0 Å². The number of hydrogen-bond acceptors (Lipinski definition) is 7. The largest absolute Gasteiger partial charge is 0.457 e. The number of para-hydroxylation sites is 1. The second kappa shape index (κ2) is 11.7. The van der Waals surface area contributed by atoms with Crippen molar-refractivity contribution in [3.05, 3.63) is 88.7 Å². The number of ether oxygens (including phenoxy) is 1. The van der Waals surface area contributed by atoms with E-state index in [0.29, 0.717) is 39.5 Å². The van der Waals surface area contributed by atoms with Crippen LogP contribution < -0.4 is 15.4 Å². The van der Waals surface area contributed by atoms with E-state index in [1.54, 1.807) is 42.5 Å². The summed E-state index contributed by atoms with van der Waals surface area (Å²) in [6.07, 6.45) is 0. The summed E-state index contributed by atoms with van der Waals surface area (Å²) in [5, 5.41) is 21.4. The normalized spacial score (nSPS) is 11.8. The second-order valence-electron chi connectivity index (χ2n) is 7.71. The maximum atomic E-state index is 12.7. The molecule has 4 rings (SSSR count). The summed E-state index contributed by atoms with van der Waals surface area (Å²) in [7, 11) is 1.81. The molecule has 1 unspecified atom stereocenters. The summed E-state index contributed by atoms with van der Waals surface area (Å²) < 4.78 is 5.79. The molecule has 1 heterocycles. The fourth-order valence-electron chi connectivity index (χ4n) is 3.38. The minimum atomic E-state index is -0.340. The molecule has 0 bridgehead atoms. The highest BCUT2D eigenvalue weighted by Crippen LogP contribution is 2.27. The molecule has 3 aromatic carbocycles. The number of aromatic nitrogens is 4. The van der Waals surface area contributed by atoms with Gasteiger partial charge in [-0.1, -0.05) is 41.4 Å². The minimum Gasteiger partial charge on any atom is -0.457 e. The molecule has 1 aromatic heterocycles. The number of benzene rings is 3. The molecule has 11 heteroatoms. The number of nitrogens with one attached hydrogen (secondary N) is 3. The van der Waals surface area contributed by atoms with Crippen molar-refractivity contribution >= 4 is 40.5 Å². The molecule has 0 saturated heterocycles. The molecule has 0 aliphatic rings. The van der Waals surface area contributed by atoms with Crippen molar-refractivity contribution in [1.82, 2.24) is 25.5 Å². The van der Waals surface area contributed by atoms with Crippen LogP contribution in [0.2, 0.25) is 10.0 Å². The van der Waals surface area contributed by atoms with Gasteiger partial charge in [-0.25, -0.2) is 5.10 Å². The Kier molecular flexibility index (Phi) is 8.15. The Morgan fingerprint density at radius 3 is 2.51 bits per heavy atom. The smallest absolute Gasteiger partial charge is 0.238 e. The molecule has 180 valence electrons. The van der Waals surface area contributed by atoms with Gasteiger partial charge in [0.25, 0.3) is 0 Å². The van der Waals surface area contributed by atoms with Gasteiger partial charge in [-0.05, 0) is 72.1 Å². The average molecular weight is 512 g/mol. The third-order valence-corrected chi connectivity index (χ3v) is 5.70. The molecule has 0 aliphatic heterocycles. The van der Waals surface area contributed by atoms with Crippen LogP contribution in [0, 0.1) is 0 Å². The standard InChI is InChI=1S/C24H23Cl2N7O2/c1-33(22(24-29-31-32-30-24)14-27-21-13-16(25)7-12-20(21)26)15-23(34)28-17-8-10-19(11-9-17)35-18-5-3-2-4-6-18/h2-13,22,27H,14-15H2,1H3,(H,28,34)(H,29,30,31,32). The topological polar surface area (TPSA) is 108 Å². The Hall–Kier alpha value is -3.66. The second-order valence-corrected chi connectivity index (χ2v) is 8.55. The van der Waals surface area contributed by atoms with Crippen molar-refractivity contribution in [3.8, 4) is 11.5 Å². The third kappa shape index (κ3) is 6.92. The van der Waals surface area contributed by atoms with Crippen LogP contribution in [0.1, 0.15) is 11.9 Å².